The van der Waals surface area contributed by atoms with Crippen molar-refractivity contribution in [2.75, 3.05) is 13.2 Å². The molecule has 0 unspecified atom stereocenters. The Hall–Kier alpha value is -3.76. The third-order valence-electron chi connectivity index (χ3n) is 4.98. The van der Waals surface area contributed by atoms with Crippen LogP contribution in [0, 0.1) is 10.1 Å². The number of halogens is 4. The van der Waals surface area contributed by atoms with Crippen LogP contribution < -0.4 is 0 Å². The van der Waals surface area contributed by atoms with Gasteiger partial charge in [0.15, 0.2) is 24.8 Å². The lowest BCUT2D eigenvalue weighted by molar-refractivity contribution is -0.384. The topological polar surface area (TPSA) is 130 Å². The Bertz CT molecular complexity index is 1440. The van der Waals surface area contributed by atoms with Crippen LogP contribution in [0.25, 0.3) is 6.08 Å². The minimum Gasteiger partial charge on any atom is -0.453 e. The van der Waals surface area contributed by atoms with Gasteiger partial charge in [0.2, 0.25) is 0 Å². The monoisotopic (exact) mass is 609 g/mol. The highest BCUT2D eigenvalue weighted by atomic mass is 35.5. The Kier molecular flexibility index (Phi) is 10.2. The van der Waals surface area contributed by atoms with Crippen LogP contribution in [0.4, 0.5) is 5.69 Å². The van der Waals surface area contributed by atoms with Gasteiger partial charge in [-0.15, -0.1) is 0 Å². The summed E-state index contributed by atoms with van der Waals surface area (Å²) in [6, 6.07) is 13.1. The first-order chi connectivity index (χ1) is 18.5. The Morgan fingerprint density at radius 1 is 0.718 bits per heavy atom. The number of nitrogens with zero attached hydrogens (tertiary/aromatic N) is 1. The molecule has 0 saturated carbocycles. The third-order valence-corrected chi connectivity index (χ3v) is 6.46. The normalized spacial score (nSPS) is 10.4. The second-order valence-corrected chi connectivity index (χ2v) is 9.30. The van der Waals surface area contributed by atoms with Crippen LogP contribution in [0.1, 0.15) is 26.3 Å². The van der Waals surface area contributed by atoms with Gasteiger partial charge in [0.05, 0.1) is 25.0 Å². The smallest absolute Gasteiger partial charge is 0.346 e. The molecule has 0 atom stereocenters. The van der Waals surface area contributed by atoms with Gasteiger partial charge in [0.1, 0.15) is 5.57 Å². The minimum atomic E-state index is -1.28. The quantitative estimate of drug-likeness (QED) is 0.0487. The number of rotatable bonds is 10. The molecule has 0 heterocycles. The molecule has 0 radical (unpaired) electrons. The van der Waals surface area contributed by atoms with E-state index in [0.29, 0.717) is 0 Å². The number of non-ortho nitro benzene ring substituents is 1. The summed E-state index contributed by atoms with van der Waals surface area (Å²) >= 11 is 23.5. The highest BCUT2D eigenvalue weighted by Crippen LogP contribution is 2.24. The van der Waals surface area contributed by atoms with Gasteiger partial charge < -0.3 is 9.47 Å². The number of carbonyl (C=O) groups excluding carboxylic acids is 4. The zero-order valence-electron chi connectivity index (χ0n) is 19.5. The number of hydrogen-bond donors (Lipinski definition) is 0. The van der Waals surface area contributed by atoms with E-state index in [4.69, 9.17) is 55.9 Å². The van der Waals surface area contributed by atoms with Crippen molar-refractivity contribution < 1.29 is 33.6 Å². The third kappa shape index (κ3) is 8.11. The maximum Gasteiger partial charge on any atom is 0.346 e. The lowest BCUT2D eigenvalue weighted by atomic mass is 10.1. The number of esters is 2. The highest BCUT2D eigenvalue weighted by molar-refractivity contribution is 6.42. The van der Waals surface area contributed by atoms with E-state index in [1.54, 1.807) is 0 Å². The molecule has 3 aromatic rings. The van der Waals surface area contributed by atoms with Gasteiger partial charge in [-0.2, -0.15) is 0 Å². The molecule has 0 saturated heterocycles. The number of benzene rings is 3. The van der Waals surface area contributed by atoms with Gasteiger partial charge >= 0.3 is 11.9 Å². The average molecular weight is 611 g/mol. The summed E-state index contributed by atoms with van der Waals surface area (Å²) in [6.07, 6.45) is 0.977. The van der Waals surface area contributed by atoms with E-state index in [9.17, 15) is 29.3 Å². The molecular weight excluding hydrogens is 596 g/mol. The van der Waals surface area contributed by atoms with Crippen molar-refractivity contribution in [1.82, 2.24) is 0 Å². The van der Waals surface area contributed by atoms with Gasteiger partial charge in [-0.05, 0) is 48.0 Å². The van der Waals surface area contributed by atoms with E-state index in [-0.39, 0.29) is 42.5 Å². The van der Waals surface area contributed by atoms with E-state index >= 15 is 0 Å². The fourth-order valence-corrected chi connectivity index (χ4v) is 3.62. The SMILES string of the molecule is O=C(OCC(=O)c1ccc(Cl)c(Cl)c1)C(=Cc1cccc([N+](=O)[O-])c1)C(=O)OCC(=O)c1ccc(Cl)c(Cl)c1. The van der Waals surface area contributed by atoms with Gasteiger partial charge in [-0.3, -0.25) is 19.7 Å². The van der Waals surface area contributed by atoms with Crippen LogP contribution in [-0.4, -0.2) is 41.6 Å². The Labute approximate surface area is 241 Å². The molecule has 200 valence electrons. The summed E-state index contributed by atoms with van der Waals surface area (Å²) < 4.78 is 9.99. The number of nitro benzene ring substituents is 1. The molecule has 0 aliphatic heterocycles. The Morgan fingerprint density at radius 3 is 1.64 bits per heavy atom. The molecule has 0 bridgehead atoms. The van der Waals surface area contributed by atoms with Crippen LogP contribution >= 0.6 is 46.4 Å². The van der Waals surface area contributed by atoms with Crippen LogP contribution in [0.3, 0.4) is 0 Å². The molecule has 0 fully saturated rings. The first-order valence-electron chi connectivity index (χ1n) is 10.7. The molecular formula is C26H15Cl4NO8. The Morgan fingerprint density at radius 2 is 1.21 bits per heavy atom. The number of carbonyl (C=O) groups is 4. The molecule has 3 aromatic carbocycles. The summed E-state index contributed by atoms with van der Waals surface area (Å²) in [5.74, 6) is -3.86. The fraction of sp³-hybridized carbons (Fsp3) is 0.0769. The van der Waals surface area contributed by atoms with Crippen molar-refractivity contribution in [3.05, 3.63) is 113 Å². The molecule has 3 rings (SSSR count). The van der Waals surface area contributed by atoms with Crippen LogP contribution in [0.15, 0.2) is 66.2 Å². The van der Waals surface area contributed by atoms with E-state index in [2.05, 4.69) is 0 Å². The van der Waals surface area contributed by atoms with Crippen molar-refractivity contribution in [2.45, 2.75) is 0 Å². The zero-order valence-corrected chi connectivity index (χ0v) is 22.5. The molecule has 0 aromatic heterocycles. The van der Waals surface area contributed by atoms with Gasteiger partial charge in [0, 0.05) is 23.3 Å². The number of nitro groups is 1. The average Bonchev–Trinajstić information content (AvgIpc) is 2.91. The molecule has 0 aliphatic rings. The van der Waals surface area contributed by atoms with Gasteiger partial charge in [0.25, 0.3) is 5.69 Å². The van der Waals surface area contributed by atoms with Crippen molar-refractivity contribution in [2.24, 2.45) is 0 Å². The molecule has 0 N–H and O–H groups in total. The maximum absolute atomic E-state index is 12.8. The van der Waals surface area contributed by atoms with E-state index in [1.807, 2.05) is 0 Å². The van der Waals surface area contributed by atoms with E-state index in [0.717, 1.165) is 12.1 Å². The van der Waals surface area contributed by atoms with E-state index < -0.39 is 47.2 Å². The standard InChI is InChI=1S/C26H15Cl4NO8/c27-19-6-4-15(10-21(19)29)23(32)12-38-25(34)18(9-14-2-1-3-17(8-14)31(36)37)26(35)39-13-24(33)16-5-7-20(28)22(30)11-16/h1-11H,12-13H2. The molecule has 13 heteroatoms. The maximum atomic E-state index is 12.8. The summed E-state index contributed by atoms with van der Waals surface area (Å²) in [4.78, 5) is 61.0. The largest absolute Gasteiger partial charge is 0.453 e. The van der Waals surface area contributed by atoms with Gasteiger partial charge in [-0.25, -0.2) is 9.59 Å². The zero-order chi connectivity index (χ0) is 28.7. The highest BCUT2D eigenvalue weighted by Gasteiger charge is 2.25. The second-order valence-electron chi connectivity index (χ2n) is 7.67. The number of hydrogen-bond acceptors (Lipinski definition) is 8. The van der Waals surface area contributed by atoms with Crippen LogP contribution in [0.5, 0.6) is 0 Å². The number of ether oxygens (including phenoxy) is 2. The van der Waals surface area contributed by atoms with Crippen molar-refractivity contribution in [3.8, 4) is 0 Å². The molecule has 9 nitrogen and oxygen atoms in total. The minimum absolute atomic E-state index is 0.0831. The second kappa shape index (κ2) is 13.3. The molecule has 0 amide bonds. The first kappa shape index (κ1) is 29.8. The summed E-state index contributed by atoms with van der Waals surface area (Å²) in [7, 11) is 0. The van der Waals surface area contributed by atoms with Crippen molar-refractivity contribution in [3.63, 3.8) is 0 Å². The van der Waals surface area contributed by atoms with Crippen LogP contribution in [0.2, 0.25) is 20.1 Å². The summed E-state index contributed by atoms with van der Waals surface area (Å²) in [6.45, 7) is -1.56. The van der Waals surface area contributed by atoms with Gasteiger partial charge in [-0.1, -0.05) is 58.5 Å². The fourth-order valence-electron chi connectivity index (χ4n) is 3.02. The molecule has 0 aliphatic carbocycles. The lowest BCUT2D eigenvalue weighted by Gasteiger charge is -2.09. The number of ketones is 2. The lowest BCUT2D eigenvalue weighted by Crippen LogP contribution is -2.23. The van der Waals surface area contributed by atoms with Crippen LogP contribution in [-0.2, 0) is 19.1 Å². The Balaban J connectivity index is 1.81. The predicted octanol–water partition coefficient (Wildman–Crippen LogP) is 6.44. The predicted molar refractivity (Wildman–Crippen MR) is 145 cm³/mol. The van der Waals surface area contributed by atoms with E-state index in [1.165, 1.54) is 54.6 Å². The number of Topliss-reactive ketones (excluding diaryl/α,β-unsaturated/α-hetero) is 2. The first-order valence-corrected chi connectivity index (χ1v) is 12.2. The molecule has 0 spiro atoms. The van der Waals surface area contributed by atoms with Crippen molar-refractivity contribution >= 4 is 81.7 Å². The van der Waals surface area contributed by atoms with Crippen molar-refractivity contribution in [1.29, 1.82) is 0 Å². The summed E-state index contributed by atoms with van der Waals surface area (Å²) in [5, 5.41) is 11.8. The summed E-state index contributed by atoms with van der Waals surface area (Å²) in [5.41, 5.74) is -0.763. The molecule has 39 heavy (non-hydrogen) atoms.